The lowest BCUT2D eigenvalue weighted by Crippen LogP contribution is -2.53. The number of rotatable bonds is 4. The van der Waals surface area contributed by atoms with E-state index in [4.69, 9.17) is 10.5 Å². The van der Waals surface area contributed by atoms with Crippen LogP contribution < -0.4 is 11.1 Å². The number of carbonyl (C=O) groups excluding carboxylic acids is 2. The van der Waals surface area contributed by atoms with E-state index in [9.17, 15) is 9.59 Å². The molecule has 0 aromatic heterocycles. The van der Waals surface area contributed by atoms with Crippen molar-refractivity contribution >= 4 is 24.2 Å². The van der Waals surface area contributed by atoms with Gasteiger partial charge in [-0.15, -0.1) is 12.4 Å². The van der Waals surface area contributed by atoms with Crippen LogP contribution in [0.25, 0.3) is 0 Å². The number of carbonyl (C=O) groups is 2. The molecule has 2 rings (SSSR count). The monoisotopic (exact) mass is 347 g/mol. The molecule has 3 N–H and O–H groups in total. The van der Waals surface area contributed by atoms with Crippen LogP contribution in [0.2, 0.25) is 0 Å². The number of halogens is 1. The molecule has 0 aromatic rings. The summed E-state index contributed by atoms with van der Waals surface area (Å²) in [7, 11) is 0. The summed E-state index contributed by atoms with van der Waals surface area (Å²) >= 11 is 0. The zero-order valence-electron chi connectivity index (χ0n) is 14.2. The highest BCUT2D eigenvalue weighted by molar-refractivity contribution is 5.87. The predicted octanol–water partition coefficient (Wildman–Crippen LogP) is 0.927. The van der Waals surface area contributed by atoms with Gasteiger partial charge in [0.25, 0.3) is 0 Å². The van der Waals surface area contributed by atoms with Crippen LogP contribution in [0.15, 0.2) is 0 Å². The van der Waals surface area contributed by atoms with Gasteiger partial charge in [0.15, 0.2) is 0 Å². The predicted molar refractivity (Wildman–Crippen MR) is 91.4 cm³/mol. The average molecular weight is 348 g/mol. The topological polar surface area (TPSA) is 84.7 Å². The molecular formula is C16H30ClN3O3. The Morgan fingerprint density at radius 2 is 2.00 bits per heavy atom. The highest BCUT2D eigenvalue weighted by Gasteiger charge is 2.38. The van der Waals surface area contributed by atoms with Gasteiger partial charge in [-0.05, 0) is 31.6 Å². The van der Waals surface area contributed by atoms with Gasteiger partial charge in [-0.2, -0.15) is 0 Å². The fourth-order valence-corrected chi connectivity index (χ4v) is 3.35. The molecule has 7 heteroatoms. The van der Waals surface area contributed by atoms with Crippen molar-refractivity contribution < 1.29 is 14.3 Å². The molecule has 0 aliphatic carbocycles. The van der Waals surface area contributed by atoms with Crippen molar-refractivity contribution in [2.75, 3.05) is 32.8 Å². The van der Waals surface area contributed by atoms with E-state index in [0.29, 0.717) is 0 Å². The third-order valence-electron chi connectivity index (χ3n) is 4.85. The summed E-state index contributed by atoms with van der Waals surface area (Å²) in [5, 5.41) is 2.67. The number of nitrogens with zero attached hydrogens (tertiary/aromatic N) is 1. The first-order valence-electron chi connectivity index (χ1n) is 8.32. The molecule has 23 heavy (non-hydrogen) atoms. The van der Waals surface area contributed by atoms with Crippen LogP contribution in [0, 0.1) is 11.3 Å². The van der Waals surface area contributed by atoms with Crippen LogP contribution in [0.5, 0.6) is 0 Å². The van der Waals surface area contributed by atoms with Gasteiger partial charge < -0.3 is 20.7 Å². The lowest BCUT2D eigenvalue weighted by molar-refractivity contribution is -0.138. The summed E-state index contributed by atoms with van der Waals surface area (Å²) < 4.78 is 5.62. The van der Waals surface area contributed by atoms with Gasteiger partial charge in [-0.1, -0.05) is 13.8 Å². The molecule has 2 heterocycles. The second-order valence-electron chi connectivity index (χ2n) is 7.06. The Hall–Kier alpha value is -0.850. The third-order valence-corrected chi connectivity index (χ3v) is 4.85. The molecule has 6 nitrogen and oxygen atoms in total. The van der Waals surface area contributed by atoms with E-state index in [1.165, 1.54) is 0 Å². The number of ether oxygens (including phenoxy) is 1. The normalized spacial score (nSPS) is 25.8. The number of amides is 2. The van der Waals surface area contributed by atoms with Crippen LogP contribution >= 0.6 is 12.4 Å². The molecule has 0 saturated carbocycles. The zero-order chi connectivity index (χ0) is 16.2. The van der Waals surface area contributed by atoms with Gasteiger partial charge >= 0.3 is 0 Å². The van der Waals surface area contributed by atoms with E-state index in [0.717, 1.165) is 52.0 Å². The maximum atomic E-state index is 12.4. The molecule has 2 fully saturated rings. The summed E-state index contributed by atoms with van der Waals surface area (Å²) in [5.74, 6) is -0.210. The van der Waals surface area contributed by atoms with Gasteiger partial charge in [0.1, 0.15) is 0 Å². The second kappa shape index (κ2) is 8.85. The molecule has 0 radical (unpaired) electrons. The first-order valence-corrected chi connectivity index (χ1v) is 8.32. The highest BCUT2D eigenvalue weighted by Crippen LogP contribution is 2.37. The number of hydrogen-bond acceptors (Lipinski definition) is 4. The Balaban J connectivity index is 0.00000264. The maximum Gasteiger partial charge on any atom is 0.241 e. The summed E-state index contributed by atoms with van der Waals surface area (Å²) in [5.41, 5.74) is 5.91. The third kappa shape index (κ3) is 5.33. The Morgan fingerprint density at radius 3 is 2.61 bits per heavy atom. The minimum absolute atomic E-state index is 0. The number of hydrogen-bond donors (Lipinski definition) is 2. The molecule has 0 bridgehead atoms. The van der Waals surface area contributed by atoms with E-state index in [1.807, 2.05) is 18.7 Å². The minimum atomic E-state index is -0.563. The van der Waals surface area contributed by atoms with E-state index in [2.05, 4.69) is 5.32 Å². The molecule has 1 spiro atoms. The number of likely N-dealkylation sites (tertiary alicyclic amines) is 1. The van der Waals surface area contributed by atoms with Crippen LogP contribution in [-0.2, 0) is 14.3 Å². The summed E-state index contributed by atoms with van der Waals surface area (Å²) in [6.07, 6.45) is 4.33. The van der Waals surface area contributed by atoms with Crippen molar-refractivity contribution in [3.05, 3.63) is 0 Å². The Bertz CT molecular complexity index is 406. The Labute approximate surface area is 144 Å². The Kier molecular flexibility index (Phi) is 7.77. The smallest absolute Gasteiger partial charge is 0.241 e. The van der Waals surface area contributed by atoms with E-state index >= 15 is 0 Å². The largest absolute Gasteiger partial charge is 0.381 e. The van der Waals surface area contributed by atoms with Gasteiger partial charge in [0.2, 0.25) is 11.8 Å². The van der Waals surface area contributed by atoms with E-state index in [-0.39, 0.29) is 42.1 Å². The van der Waals surface area contributed by atoms with Crippen LogP contribution in [0.1, 0.15) is 39.5 Å². The SMILES string of the molecule is CC(C)[C@H](N)C(=O)NCC(=O)N1CCCC2(CCCOC2)C1.Cl. The number of nitrogens with one attached hydrogen (secondary N) is 1. The summed E-state index contributed by atoms with van der Waals surface area (Å²) in [4.78, 5) is 26.1. The highest BCUT2D eigenvalue weighted by atomic mass is 35.5. The molecule has 2 amide bonds. The summed E-state index contributed by atoms with van der Waals surface area (Å²) in [6.45, 7) is 6.92. The van der Waals surface area contributed by atoms with Crippen LogP contribution in [0.3, 0.4) is 0 Å². The fraction of sp³-hybridized carbons (Fsp3) is 0.875. The van der Waals surface area contributed by atoms with E-state index in [1.54, 1.807) is 0 Å². The van der Waals surface area contributed by atoms with Crippen molar-refractivity contribution in [2.45, 2.75) is 45.6 Å². The molecule has 134 valence electrons. The minimum Gasteiger partial charge on any atom is -0.381 e. The first-order chi connectivity index (χ1) is 10.4. The average Bonchev–Trinajstić information content (AvgIpc) is 2.52. The molecule has 2 atom stereocenters. The van der Waals surface area contributed by atoms with Gasteiger partial charge in [-0.25, -0.2) is 0 Å². The van der Waals surface area contributed by atoms with Crippen molar-refractivity contribution in [2.24, 2.45) is 17.1 Å². The molecule has 2 aliphatic rings. The van der Waals surface area contributed by atoms with Crippen LogP contribution in [0.4, 0.5) is 0 Å². The Morgan fingerprint density at radius 1 is 1.30 bits per heavy atom. The van der Waals surface area contributed by atoms with Crippen molar-refractivity contribution in [1.29, 1.82) is 0 Å². The molecular weight excluding hydrogens is 318 g/mol. The first kappa shape index (κ1) is 20.2. The zero-order valence-corrected chi connectivity index (χ0v) is 15.0. The van der Waals surface area contributed by atoms with Crippen molar-refractivity contribution in [3.8, 4) is 0 Å². The molecule has 0 aromatic carbocycles. The lowest BCUT2D eigenvalue weighted by Gasteiger charge is -2.44. The van der Waals surface area contributed by atoms with E-state index < -0.39 is 6.04 Å². The van der Waals surface area contributed by atoms with Crippen molar-refractivity contribution in [3.63, 3.8) is 0 Å². The number of piperidine rings is 1. The fourth-order valence-electron chi connectivity index (χ4n) is 3.35. The summed E-state index contributed by atoms with van der Waals surface area (Å²) in [6, 6.07) is -0.563. The van der Waals surface area contributed by atoms with Gasteiger partial charge in [0, 0.05) is 25.1 Å². The second-order valence-corrected chi connectivity index (χ2v) is 7.06. The van der Waals surface area contributed by atoms with Crippen LogP contribution in [-0.4, -0.2) is 55.6 Å². The quantitative estimate of drug-likeness (QED) is 0.792. The molecule has 2 aliphatic heterocycles. The van der Waals surface area contributed by atoms with Crippen molar-refractivity contribution in [1.82, 2.24) is 10.2 Å². The molecule has 1 unspecified atom stereocenters. The van der Waals surface area contributed by atoms with Gasteiger partial charge in [0.05, 0.1) is 19.2 Å². The number of nitrogens with two attached hydrogens (primary N) is 1. The maximum absolute atomic E-state index is 12.4. The molecule has 2 saturated heterocycles. The lowest BCUT2D eigenvalue weighted by atomic mass is 9.76. The van der Waals surface area contributed by atoms with Gasteiger partial charge in [-0.3, -0.25) is 9.59 Å². The standard InChI is InChI=1S/C16H29N3O3.ClH/c1-12(2)14(17)15(21)18-9-13(20)19-7-3-5-16(10-19)6-4-8-22-11-16;/h12,14H,3-11,17H2,1-2H3,(H,18,21);1H/t14-,16?;/m0./s1.